The number of phenolic OH excluding ortho intramolecular Hbond substituents is 1. The predicted molar refractivity (Wildman–Crippen MR) is 67.2 cm³/mol. The van der Waals surface area contributed by atoms with Crippen molar-refractivity contribution in [2.45, 2.75) is 6.42 Å². The summed E-state index contributed by atoms with van der Waals surface area (Å²) in [5.41, 5.74) is 6.79. The minimum atomic E-state index is 0.0768. The number of rotatable bonds is 4. The molecule has 0 amide bonds. The van der Waals surface area contributed by atoms with Crippen LogP contribution in [-0.4, -0.2) is 31.6 Å². The van der Waals surface area contributed by atoms with Crippen LogP contribution in [0.4, 0.5) is 5.95 Å². The molecule has 0 saturated carbocycles. The van der Waals surface area contributed by atoms with E-state index in [0.29, 0.717) is 12.0 Å². The average Bonchev–Trinajstić information content (AvgIpc) is 2.76. The van der Waals surface area contributed by atoms with E-state index in [1.165, 1.54) is 6.21 Å². The Bertz CT molecular complexity index is 589. The van der Waals surface area contributed by atoms with Crippen molar-refractivity contribution in [2.24, 2.45) is 5.10 Å². The molecule has 0 unspecified atom stereocenters. The van der Waals surface area contributed by atoms with E-state index in [1.54, 1.807) is 12.1 Å². The van der Waals surface area contributed by atoms with Gasteiger partial charge in [-0.25, -0.2) is 0 Å². The molecule has 0 spiro atoms. The molecule has 0 aliphatic heterocycles. The van der Waals surface area contributed by atoms with Gasteiger partial charge in [-0.2, -0.15) is 5.10 Å². The van der Waals surface area contributed by atoms with Crippen LogP contribution in [0.3, 0.4) is 0 Å². The zero-order chi connectivity index (χ0) is 13.0. The van der Waals surface area contributed by atoms with E-state index in [2.05, 4.69) is 27.2 Å². The van der Waals surface area contributed by atoms with Gasteiger partial charge in [0.2, 0.25) is 0 Å². The third-order valence-electron chi connectivity index (χ3n) is 2.30. The van der Waals surface area contributed by atoms with Crippen LogP contribution >= 0.6 is 0 Å². The van der Waals surface area contributed by atoms with Gasteiger partial charge in [0.05, 0.1) is 6.21 Å². The molecule has 0 radical (unpaired) electrons. The molecule has 18 heavy (non-hydrogen) atoms. The number of para-hydroxylation sites is 1. The van der Waals surface area contributed by atoms with Crippen LogP contribution < -0.4 is 5.73 Å². The van der Waals surface area contributed by atoms with Gasteiger partial charge >= 0.3 is 0 Å². The van der Waals surface area contributed by atoms with E-state index in [-0.39, 0.29) is 11.7 Å². The third kappa shape index (κ3) is 2.34. The second-order valence-corrected chi connectivity index (χ2v) is 3.52. The Morgan fingerprint density at radius 3 is 3.00 bits per heavy atom. The van der Waals surface area contributed by atoms with Crippen molar-refractivity contribution in [3.05, 3.63) is 42.0 Å². The molecule has 92 valence electrons. The lowest BCUT2D eigenvalue weighted by atomic mass is 10.1. The third-order valence-corrected chi connectivity index (χ3v) is 2.30. The Labute approximate surface area is 103 Å². The first-order valence-electron chi connectivity index (χ1n) is 5.22. The molecule has 1 aromatic heterocycles. The summed E-state index contributed by atoms with van der Waals surface area (Å²) in [6, 6.07) is 5.37. The summed E-state index contributed by atoms with van der Waals surface area (Å²) >= 11 is 0. The van der Waals surface area contributed by atoms with Gasteiger partial charge in [0.1, 0.15) is 5.75 Å². The van der Waals surface area contributed by atoms with Crippen LogP contribution in [0.15, 0.2) is 36.0 Å². The second kappa shape index (κ2) is 5.09. The van der Waals surface area contributed by atoms with E-state index in [1.807, 2.05) is 12.1 Å². The highest BCUT2D eigenvalue weighted by molar-refractivity contribution is 5.84. The van der Waals surface area contributed by atoms with Crippen molar-refractivity contribution in [3.8, 4) is 5.75 Å². The Kier molecular flexibility index (Phi) is 3.33. The number of allylic oxidation sites excluding steroid dienone is 1. The van der Waals surface area contributed by atoms with E-state index >= 15 is 0 Å². The number of benzene rings is 1. The van der Waals surface area contributed by atoms with Crippen molar-refractivity contribution in [2.75, 3.05) is 5.73 Å². The molecule has 0 fully saturated rings. The van der Waals surface area contributed by atoms with E-state index in [9.17, 15) is 5.11 Å². The number of nitrogen functional groups attached to an aromatic ring is 1. The second-order valence-electron chi connectivity index (χ2n) is 3.52. The Morgan fingerprint density at radius 2 is 2.33 bits per heavy atom. The molecule has 0 aliphatic rings. The number of aromatic nitrogens is 4. The lowest BCUT2D eigenvalue weighted by Crippen LogP contribution is -2.00. The molecular formula is C11H12N6O. The molecule has 1 aromatic carbocycles. The summed E-state index contributed by atoms with van der Waals surface area (Å²) in [6.45, 7) is 3.63. The minimum Gasteiger partial charge on any atom is -0.507 e. The summed E-state index contributed by atoms with van der Waals surface area (Å²) in [6.07, 6.45) is 3.74. The zero-order valence-electron chi connectivity index (χ0n) is 9.56. The van der Waals surface area contributed by atoms with Gasteiger partial charge < -0.3 is 10.8 Å². The van der Waals surface area contributed by atoms with Gasteiger partial charge in [-0.05, 0) is 28.5 Å². The molecule has 0 aliphatic carbocycles. The summed E-state index contributed by atoms with van der Waals surface area (Å²) in [5, 5.41) is 24.3. The first kappa shape index (κ1) is 11.8. The SMILES string of the molecule is C=CCc1cccc(C=Nn2nnnc2N)c1O. The number of phenols is 1. The number of hydrogen-bond donors (Lipinski definition) is 2. The maximum atomic E-state index is 9.99. The van der Waals surface area contributed by atoms with Crippen LogP contribution in [0, 0.1) is 0 Å². The minimum absolute atomic E-state index is 0.0768. The molecule has 7 heteroatoms. The fourth-order valence-corrected chi connectivity index (χ4v) is 1.42. The van der Waals surface area contributed by atoms with Crippen molar-refractivity contribution >= 4 is 12.2 Å². The van der Waals surface area contributed by atoms with Crippen molar-refractivity contribution in [1.29, 1.82) is 0 Å². The lowest BCUT2D eigenvalue weighted by molar-refractivity contribution is 0.469. The van der Waals surface area contributed by atoms with Crippen LogP contribution in [0.25, 0.3) is 0 Å². The molecule has 1 heterocycles. The highest BCUT2D eigenvalue weighted by Crippen LogP contribution is 2.21. The Hall–Kier alpha value is -2.70. The quantitative estimate of drug-likeness (QED) is 0.604. The van der Waals surface area contributed by atoms with Crippen molar-refractivity contribution in [1.82, 2.24) is 20.3 Å². The van der Waals surface area contributed by atoms with Gasteiger partial charge in [-0.3, -0.25) is 0 Å². The average molecular weight is 244 g/mol. The fourth-order valence-electron chi connectivity index (χ4n) is 1.42. The zero-order valence-corrected chi connectivity index (χ0v) is 9.56. The number of nitrogens with zero attached hydrogens (tertiary/aromatic N) is 5. The fraction of sp³-hybridized carbons (Fsp3) is 0.0909. The number of hydrogen-bond acceptors (Lipinski definition) is 6. The molecule has 3 N–H and O–H groups in total. The molecule has 7 nitrogen and oxygen atoms in total. The molecule has 0 atom stereocenters. The Morgan fingerprint density at radius 1 is 1.50 bits per heavy atom. The summed E-state index contributed by atoms with van der Waals surface area (Å²) in [5.74, 6) is 0.237. The van der Waals surface area contributed by atoms with Gasteiger partial charge in [0.15, 0.2) is 0 Å². The number of tetrazole rings is 1. The van der Waals surface area contributed by atoms with E-state index < -0.39 is 0 Å². The highest BCUT2D eigenvalue weighted by atomic mass is 16.3. The normalized spacial score (nSPS) is 10.9. The molecule has 2 aromatic rings. The van der Waals surface area contributed by atoms with Crippen LogP contribution in [-0.2, 0) is 6.42 Å². The number of aromatic hydroxyl groups is 1. The number of anilines is 1. The van der Waals surface area contributed by atoms with Gasteiger partial charge in [-0.15, -0.1) is 6.58 Å². The van der Waals surface area contributed by atoms with Gasteiger partial charge in [-0.1, -0.05) is 28.1 Å². The summed E-state index contributed by atoms with van der Waals surface area (Å²) in [4.78, 5) is 1.07. The Balaban J connectivity index is 2.29. The first-order valence-corrected chi connectivity index (χ1v) is 5.22. The molecule has 0 saturated heterocycles. The molecule has 2 rings (SSSR count). The maximum absolute atomic E-state index is 9.99. The topological polar surface area (TPSA) is 102 Å². The predicted octanol–water partition coefficient (Wildman–Crippen LogP) is 0.572. The van der Waals surface area contributed by atoms with Crippen LogP contribution in [0.2, 0.25) is 0 Å². The van der Waals surface area contributed by atoms with Gasteiger partial charge in [0.25, 0.3) is 5.95 Å². The first-order chi connectivity index (χ1) is 8.72. The van der Waals surface area contributed by atoms with E-state index in [0.717, 1.165) is 10.4 Å². The van der Waals surface area contributed by atoms with E-state index in [4.69, 9.17) is 5.73 Å². The largest absolute Gasteiger partial charge is 0.507 e. The van der Waals surface area contributed by atoms with Crippen molar-refractivity contribution < 1.29 is 5.11 Å². The van der Waals surface area contributed by atoms with Crippen molar-refractivity contribution in [3.63, 3.8) is 0 Å². The van der Waals surface area contributed by atoms with Crippen LogP contribution in [0.1, 0.15) is 11.1 Å². The maximum Gasteiger partial charge on any atom is 0.263 e. The molecular weight excluding hydrogens is 232 g/mol. The lowest BCUT2D eigenvalue weighted by Gasteiger charge is -2.04. The summed E-state index contributed by atoms with van der Waals surface area (Å²) in [7, 11) is 0. The standard InChI is InChI=1S/C11H12N6O/c1-2-4-8-5-3-6-9(10(8)18)7-13-17-11(12)14-15-16-17/h2-3,5-7,18H,1,4H2,(H2,12,14,16). The monoisotopic (exact) mass is 244 g/mol. The van der Waals surface area contributed by atoms with Crippen LogP contribution in [0.5, 0.6) is 5.75 Å². The van der Waals surface area contributed by atoms with Gasteiger partial charge in [0, 0.05) is 5.56 Å². The number of nitrogens with two attached hydrogens (primary N) is 1. The summed E-state index contributed by atoms with van der Waals surface area (Å²) < 4.78 is 0. The highest BCUT2D eigenvalue weighted by Gasteiger charge is 2.04. The smallest absolute Gasteiger partial charge is 0.263 e. The molecule has 0 bridgehead atoms.